The maximum Gasteiger partial charge on any atom is 0.327 e. The lowest BCUT2D eigenvalue weighted by atomic mass is 9.76. The minimum atomic E-state index is -0.623. The van der Waals surface area contributed by atoms with Gasteiger partial charge in [0.1, 0.15) is 12.4 Å². The van der Waals surface area contributed by atoms with E-state index >= 15 is 0 Å². The number of aromatic amines is 2. The molecule has 1 aliphatic carbocycles. The highest BCUT2D eigenvalue weighted by Crippen LogP contribution is 2.44. The predicted octanol–water partition coefficient (Wildman–Crippen LogP) is 3.22. The van der Waals surface area contributed by atoms with Crippen molar-refractivity contribution < 1.29 is 14.3 Å². The Labute approximate surface area is 189 Å². The van der Waals surface area contributed by atoms with Crippen LogP contribution in [-0.4, -0.2) is 22.9 Å². The summed E-state index contributed by atoms with van der Waals surface area (Å²) in [5.41, 5.74) is 2.22. The zero-order valence-corrected chi connectivity index (χ0v) is 18.1. The minimum Gasteiger partial charge on any atom is -0.493 e. The van der Waals surface area contributed by atoms with Crippen molar-refractivity contribution in [3.63, 3.8) is 0 Å². The number of carbonyl (C=O) groups excluding carboxylic acids is 1. The molecule has 2 aliphatic rings. The second-order valence-corrected chi connectivity index (χ2v) is 8.11. The fourth-order valence-electron chi connectivity index (χ4n) is 4.55. The standard InChI is InChI=1S/C25H23N3O5/c1-32-19-12-15(10-11-18(19)33-13-14-6-3-2-4-7-14)20-21-16(8-5-9-17(21)29)26-23-22(20)24(30)28-25(31)27-23/h2-4,6-7,10-12,20H,5,8-9,13H2,1H3,(H3,26,27,28,30,31). The third-order valence-corrected chi connectivity index (χ3v) is 6.05. The second kappa shape index (κ2) is 8.46. The van der Waals surface area contributed by atoms with Gasteiger partial charge in [0.2, 0.25) is 0 Å². The molecule has 0 bridgehead atoms. The number of fused-ring (bicyclic) bond motifs is 1. The second-order valence-electron chi connectivity index (χ2n) is 8.11. The molecule has 1 aliphatic heterocycles. The summed E-state index contributed by atoms with van der Waals surface area (Å²) < 4.78 is 11.5. The molecule has 1 atom stereocenters. The summed E-state index contributed by atoms with van der Waals surface area (Å²) in [5, 5.41) is 3.12. The molecule has 0 radical (unpaired) electrons. The van der Waals surface area contributed by atoms with E-state index in [4.69, 9.17) is 9.47 Å². The van der Waals surface area contributed by atoms with E-state index in [2.05, 4.69) is 15.3 Å². The lowest BCUT2D eigenvalue weighted by Crippen LogP contribution is -2.36. The van der Waals surface area contributed by atoms with E-state index in [1.807, 2.05) is 36.4 Å². The number of benzene rings is 2. The highest BCUT2D eigenvalue weighted by molar-refractivity contribution is 6.00. The molecule has 1 unspecified atom stereocenters. The number of aromatic nitrogens is 2. The van der Waals surface area contributed by atoms with Crippen LogP contribution >= 0.6 is 0 Å². The van der Waals surface area contributed by atoms with Crippen molar-refractivity contribution in [3.8, 4) is 11.5 Å². The van der Waals surface area contributed by atoms with Gasteiger partial charge in [0.25, 0.3) is 5.56 Å². The number of hydrogen-bond donors (Lipinski definition) is 3. The Morgan fingerprint density at radius 2 is 1.79 bits per heavy atom. The number of nitrogens with one attached hydrogen (secondary N) is 3. The van der Waals surface area contributed by atoms with Crippen LogP contribution in [0.2, 0.25) is 0 Å². The first-order chi connectivity index (χ1) is 16.0. The summed E-state index contributed by atoms with van der Waals surface area (Å²) in [6.07, 6.45) is 1.81. The number of ketones is 1. The van der Waals surface area contributed by atoms with Crippen LogP contribution in [0.1, 0.15) is 41.9 Å². The first kappa shape index (κ1) is 20.8. The summed E-state index contributed by atoms with van der Waals surface area (Å²) >= 11 is 0. The van der Waals surface area contributed by atoms with E-state index in [9.17, 15) is 14.4 Å². The van der Waals surface area contributed by atoms with Crippen molar-refractivity contribution in [1.82, 2.24) is 9.97 Å². The number of H-pyrrole nitrogens is 2. The number of methoxy groups -OCH3 is 1. The van der Waals surface area contributed by atoms with Gasteiger partial charge in [-0.3, -0.25) is 19.6 Å². The SMILES string of the molecule is COc1cc(C2C3=C(CCCC3=O)Nc3[nH]c(=O)[nH]c(=O)c32)ccc1OCc1ccccc1. The molecule has 3 N–H and O–H groups in total. The molecule has 8 nitrogen and oxygen atoms in total. The lowest BCUT2D eigenvalue weighted by Gasteiger charge is -2.33. The van der Waals surface area contributed by atoms with Crippen LogP contribution in [0.15, 0.2) is 69.4 Å². The largest absolute Gasteiger partial charge is 0.493 e. The minimum absolute atomic E-state index is 0.00614. The number of anilines is 1. The van der Waals surface area contributed by atoms with Crippen LogP contribution in [0.5, 0.6) is 11.5 Å². The van der Waals surface area contributed by atoms with Crippen molar-refractivity contribution >= 4 is 11.6 Å². The van der Waals surface area contributed by atoms with Gasteiger partial charge in [-0.1, -0.05) is 36.4 Å². The smallest absolute Gasteiger partial charge is 0.327 e. The van der Waals surface area contributed by atoms with Crippen molar-refractivity contribution in [1.29, 1.82) is 0 Å². The van der Waals surface area contributed by atoms with Crippen LogP contribution in [0.3, 0.4) is 0 Å². The molecular formula is C25H23N3O5. The van der Waals surface area contributed by atoms with Gasteiger partial charge in [-0.15, -0.1) is 0 Å². The van der Waals surface area contributed by atoms with Crippen LogP contribution in [-0.2, 0) is 11.4 Å². The molecule has 2 aromatic carbocycles. The van der Waals surface area contributed by atoms with Gasteiger partial charge in [-0.2, -0.15) is 0 Å². The van der Waals surface area contributed by atoms with Crippen LogP contribution in [0.4, 0.5) is 5.82 Å². The Bertz CT molecular complexity index is 1370. The third-order valence-electron chi connectivity index (χ3n) is 6.05. The Kier molecular flexibility index (Phi) is 5.34. The van der Waals surface area contributed by atoms with E-state index in [0.717, 1.165) is 17.7 Å². The quantitative estimate of drug-likeness (QED) is 0.556. The first-order valence-corrected chi connectivity index (χ1v) is 10.8. The average molecular weight is 445 g/mol. The molecule has 5 rings (SSSR count). The highest BCUT2D eigenvalue weighted by Gasteiger charge is 2.37. The normalized spacial score (nSPS) is 17.1. The fraction of sp³-hybridized carbons (Fsp3) is 0.240. The van der Waals surface area contributed by atoms with Crippen molar-refractivity contribution in [2.75, 3.05) is 12.4 Å². The molecule has 2 heterocycles. The van der Waals surface area contributed by atoms with Gasteiger partial charge in [0, 0.05) is 23.6 Å². The summed E-state index contributed by atoms with van der Waals surface area (Å²) in [7, 11) is 1.55. The molecule has 0 saturated carbocycles. The molecule has 0 spiro atoms. The molecular weight excluding hydrogens is 422 g/mol. The van der Waals surface area contributed by atoms with Gasteiger partial charge >= 0.3 is 5.69 Å². The molecule has 3 aromatic rings. The van der Waals surface area contributed by atoms with E-state index in [0.29, 0.717) is 53.5 Å². The maximum absolute atomic E-state index is 12.9. The fourth-order valence-corrected chi connectivity index (χ4v) is 4.55. The zero-order chi connectivity index (χ0) is 22.9. The van der Waals surface area contributed by atoms with Crippen molar-refractivity contribution in [2.24, 2.45) is 0 Å². The number of rotatable bonds is 5. The van der Waals surface area contributed by atoms with Gasteiger partial charge in [-0.25, -0.2) is 4.79 Å². The van der Waals surface area contributed by atoms with Crippen molar-refractivity contribution in [3.05, 3.63) is 97.3 Å². The Hall–Kier alpha value is -4.07. The number of hydrogen-bond acceptors (Lipinski definition) is 6. The summed E-state index contributed by atoms with van der Waals surface area (Å²) in [5.74, 6) is 0.745. The number of Topliss-reactive ketones (excluding diaryl/α,β-unsaturated/α-hetero) is 1. The molecule has 0 amide bonds. The Balaban J connectivity index is 1.58. The van der Waals surface area contributed by atoms with Gasteiger partial charge < -0.3 is 14.8 Å². The summed E-state index contributed by atoms with van der Waals surface area (Å²) in [6.45, 7) is 0.376. The summed E-state index contributed by atoms with van der Waals surface area (Å²) in [6, 6.07) is 15.2. The van der Waals surface area contributed by atoms with Gasteiger partial charge in [-0.05, 0) is 36.1 Å². The van der Waals surface area contributed by atoms with E-state index < -0.39 is 17.2 Å². The van der Waals surface area contributed by atoms with Gasteiger partial charge in [0.15, 0.2) is 17.3 Å². The molecule has 1 aromatic heterocycles. The first-order valence-electron chi connectivity index (χ1n) is 10.8. The number of carbonyl (C=O) groups is 1. The predicted molar refractivity (Wildman–Crippen MR) is 123 cm³/mol. The van der Waals surface area contributed by atoms with E-state index in [-0.39, 0.29) is 5.78 Å². The molecule has 0 saturated heterocycles. The molecule has 0 fully saturated rings. The van der Waals surface area contributed by atoms with E-state index in [1.165, 1.54) is 0 Å². The van der Waals surface area contributed by atoms with Gasteiger partial charge in [0.05, 0.1) is 12.7 Å². The number of ether oxygens (including phenoxy) is 2. The van der Waals surface area contributed by atoms with Crippen molar-refractivity contribution in [2.45, 2.75) is 31.8 Å². The third kappa shape index (κ3) is 3.84. The average Bonchev–Trinajstić information content (AvgIpc) is 2.82. The van der Waals surface area contributed by atoms with Crippen LogP contribution in [0.25, 0.3) is 0 Å². The highest BCUT2D eigenvalue weighted by atomic mass is 16.5. The molecule has 168 valence electrons. The molecule has 33 heavy (non-hydrogen) atoms. The Morgan fingerprint density at radius 3 is 2.58 bits per heavy atom. The Morgan fingerprint density at radius 1 is 0.970 bits per heavy atom. The molecule has 8 heteroatoms. The lowest BCUT2D eigenvalue weighted by molar-refractivity contribution is -0.116. The summed E-state index contributed by atoms with van der Waals surface area (Å²) in [4.78, 5) is 42.6. The van der Waals surface area contributed by atoms with Crippen LogP contribution in [0, 0.1) is 0 Å². The monoisotopic (exact) mass is 445 g/mol. The van der Waals surface area contributed by atoms with Crippen LogP contribution < -0.4 is 26.0 Å². The van der Waals surface area contributed by atoms with E-state index in [1.54, 1.807) is 19.2 Å². The zero-order valence-electron chi connectivity index (χ0n) is 18.1. The maximum atomic E-state index is 12.9. The topological polar surface area (TPSA) is 113 Å². The number of allylic oxidation sites excluding steroid dienone is 2.